The van der Waals surface area contributed by atoms with Crippen molar-refractivity contribution in [3.8, 4) is 5.75 Å². The van der Waals surface area contributed by atoms with Crippen molar-refractivity contribution in [3.63, 3.8) is 0 Å². The Bertz CT molecular complexity index is 341. The fraction of sp³-hybridized carbons (Fsp3) is 0.467. The van der Waals surface area contributed by atoms with E-state index in [1.165, 1.54) is 23.7 Å². The summed E-state index contributed by atoms with van der Waals surface area (Å²) in [5.41, 5.74) is 3.78. The van der Waals surface area contributed by atoms with E-state index in [0.717, 1.165) is 5.75 Å². The molecule has 0 atom stereocenters. The van der Waals surface area contributed by atoms with Gasteiger partial charge in [-0.1, -0.05) is 62.8 Å². The number of rotatable bonds is 6. The van der Waals surface area contributed by atoms with Crippen molar-refractivity contribution in [1.82, 2.24) is 0 Å². The minimum Gasteiger partial charge on any atom is -0.497 e. The smallest absolute Gasteiger partial charge is 0.118 e. The maximum Gasteiger partial charge on any atom is 0.118 e. The first-order valence-electron chi connectivity index (χ1n) is 6.53. The Balaban J connectivity index is 2.80. The molecule has 0 saturated heterocycles. The summed E-state index contributed by atoms with van der Waals surface area (Å²) >= 11 is 0. The minimum atomic E-state index is -1.13. The van der Waals surface area contributed by atoms with Gasteiger partial charge in [0.2, 0.25) is 0 Å². The Kier molecular flexibility index (Phi) is 5.49. The van der Waals surface area contributed by atoms with Crippen molar-refractivity contribution in [2.24, 2.45) is 0 Å². The predicted molar refractivity (Wildman–Crippen MR) is 79.2 cm³/mol. The van der Waals surface area contributed by atoms with Crippen LogP contribution in [0.4, 0.5) is 0 Å². The van der Waals surface area contributed by atoms with Crippen molar-refractivity contribution < 1.29 is 4.74 Å². The average molecular weight is 248 g/mol. The predicted octanol–water partition coefficient (Wildman–Crippen LogP) is 4.76. The first-order chi connectivity index (χ1) is 8.19. The monoisotopic (exact) mass is 248 g/mol. The Morgan fingerprint density at radius 2 is 1.53 bits per heavy atom. The topological polar surface area (TPSA) is 9.23 Å². The second kappa shape index (κ2) is 6.65. The fourth-order valence-electron chi connectivity index (χ4n) is 2.09. The summed E-state index contributed by atoms with van der Waals surface area (Å²) in [5.74, 6) is 0.923. The second-order valence-electron chi connectivity index (χ2n) is 4.53. The van der Waals surface area contributed by atoms with Gasteiger partial charge < -0.3 is 4.74 Å². The lowest BCUT2D eigenvalue weighted by Gasteiger charge is -2.23. The molecule has 0 fully saturated rings. The molecule has 17 heavy (non-hydrogen) atoms. The standard InChI is InChI=1S/C15H24OSi/c1-5-17(6-2,7-3)13-12-14-8-10-15(16-4)11-9-14/h8-13H,5-7H2,1-4H3/b13-12-. The van der Waals surface area contributed by atoms with Gasteiger partial charge in [0.1, 0.15) is 5.75 Å². The quantitative estimate of drug-likeness (QED) is 0.660. The molecule has 0 amide bonds. The van der Waals surface area contributed by atoms with Crippen LogP contribution in [0.3, 0.4) is 0 Å². The molecule has 0 radical (unpaired) electrons. The van der Waals surface area contributed by atoms with Crippen LogP contribution >= 0.6 is 0 Å². The molecule has 0 N–H and O–H groups in total. The maximum absolute atomic E-state index is 5.16. The number of hydrogen-bond acceptors (Lipinski definition) is 1. The summed E-state index contributed by atoms with van der Waals surface area (Å²) in [7, 11) is 0.569. The molecule has 0 aliphatic heterocycles. The summed E-state index contributed by atoms with van der Waals surface area (Å²) in [4.78, 5) is 0. The fourth-order valence-corrected chi connectivity index (χ4v) is 4.84. The molecule has 0 unspecified atom stereocenters. The SMILES string of the molecule is CC[Si](/C=C\c1ccc(OC)cc1)(CC)CC. The molecule has 94 valence electrons. The van der Waals surface area contributed by atoms with Gasteiger partial charge in [-0.05, 0) is 17.7 Å². The van der Waals surface area contributed by atoms with Crippen LogP contribution in [0, 0.1) is 0 Å². The van der Waals surface area contributed by atoms with Gasteiger partial charge in [-0.3, -0.25) is 0 Å². The van der Waals surface area contributed by atoms with Crippen LogP contribution in [0.2, 0.25) is 18.1 Å². The molecule has 0 spiro atoms. The summed E-state index contributed by atoms with van der Waals surface area (Å²) < 4.78 is 5.16. The maximum atomic E-state index is 5.16. The molecule has 0 saturated carbocycles. The van der Waals surface area contributed by atoms with E-state index >= 15 is 0 Å². The summed E-state index contributed by atoms with van der Waals surface area (Å²) in [6.45, 7) is 6.99. The van der Waals surface area contributed by atoms with E-state index in [1.54, 1.807) is 7.11 Å². The van der Waals surface area contributed by atoms with Gasteiger partial charge in [0.25, 0.3) is 0 Å². The van der Waals surface area contributed by atoms with Crippen LogP contribution < -0.4 is 4.74 Å². The summed E-state index contributed by atoms with van der Waals surface area (Å²) in [6.07, 6.45) is 2.29. The molecular formula is C15H24OSi. The number of hydrogen-bond donors (Lipinski definition) is 0. The third-order valence-corrected chi connectivity index (χ3v) is 8.96. The van der Waals surface area contributed by atoms with Crippen LogP contribution in [0.1, 0.15) is 26.3 Å². The zero-order chi connectivity index (χ0) is 12.7. The van der Waals surface area contributed by atoms with Crippen molar-refractivity contribution in [2.45, 2.75) is 38.9 Å². The molecule has 0 aliphatic carbocycles. The zero-order valence-corrected chi connectivity index (χ0v) is 12.5. The molecule has 0 aromatic heterocycles. The number of ether oxygens (including phenoxy) is 1. The lowest BCUT2D eigenvalue weighted by Crippen LogP contribution is -2.28. The molecule has 1 aromatic rings. The van der Waals surface area contributed by atoms with E-state index in [0.29, 0.717) is 0 Å². The Morgan fingerprint density at radius 3 is 1.94 bits per heavy atom. The van der Waals surface area contributed by atoms with Gasteiger partial charge in [0, 0.05) is 0 Å². The van der Waals surface area contributed by atoms with Crippen LogP contribution in [0.5, 0.6) is 5.75 Å². The number of methoxy groups -OCH3 is 1. The van der Waals surface area contributed by atoms with Gasteiger partial charge in [0.05, 0.1) is 15.2 Å². The van der Waals surface area contributed by atoms with Gasteiger partial charge >= 0.3 is 0 Å². The normalized spacial score (nSPS) is 12.0. The highest BCUT2D eigenvalue weighted by Gasteiger charge is 2.22. The van der Waals surface area contributed by atoms with Gasteiger partial charge in [-0.15, -0.1) is 0 Å². The van der Waals surface area contributed by atoms with Crippen LogP contribution in [-0.2, 0) is 0 Å². The zero-order valence-electron chi connectivity index (χ0n) is 11.5. The van der Waals surface area contributed by atoms with Crippen LogP contribution in [0.15, 0.2) is 30.0 Å². The average Bonchev–Trinajstić information content (AvgIpc) is 2.41. The first kappa shape index (κ1) is 14.0. The third kappa shape index (κ3) is 3.74. The molecule has 1 nitrogen and oxygen atoms in total. The largest absolute Gasteiger partial charge is 0.497 e. The lowest BCUT2D eigenvalue weighted by atomic mass is 10.2. The highest BCUT2D eigenvalue weighted by atomic mass is 28.3. The van der Waals surface area contributed by atoms with E-state index in [1.807, 2.05) is 12.1 Å². The third-order valence-electron chi connectivity index (χ3n) is 3.86. The van der Waals surface area contributed by atoms with Crippen LogP contribution in [0.25, 0.3) is 6.08 Å². The minimum absolute atomic E-state index is 0.923. The van der Waals surface area contributed by atoms with E-state index in [4.69, 9.17) is 4.74 Å². The summed E-state index contributed by atoms with van der Waals surface area (Å²) in [6, 6.07) is 12.3. The molecule has 1 aromatic carbocycles. The molecule has 1 rings (SSSR count). The first-order valence-corrected chi connectivity index (χ1v) is 9.23. The van der Waals surface area contributed by atoms with E-state index in [-0.39, 0.29) is 0 Å². The van der Waals surface area contributed by atoms with E-state index in [2.05, 4.69) is 44.7 Å². The van der Waals surface area contributed by atoms with Gasteiger partial charge in [0.15, 0.2) is 0 Å². The Labute approximate surface area is 107 Å². The Morgan fingerprint density at radius 1 is 1.00 bits per heavy atom. The van der Waals surface area contributed by atoms with Gasteiger partial charge in [-0.2, -0.15) is 0 Å². The van der Waals surface area contributed by atoms with Crippen molar-refractivity contribution in [1.29, 1.82) is 0 Å². The lowest BCUT2D eigenvalue weighted by molar-refractivity contribution is 0.415. The van der Waals surface area contributed by atoms with E-state index in [9.17, 15) is 0 Å². The van der Waals surface area contributed by atoms with Crippen LogP contribution in [-0.4, -0.2) is 15.2 Å². The molecular weight excluding hydrogens is 224 g/mol. The molecule has 0 aliphatic rings. The second-order valence-corrected chi connectivity index (χ2v) is 9.71. The van der Waals surface area contributed by atoms with Crippen molar-refractivity contribution in [3.05, 3.63) is 35.5 Å². The summed E-state index contributed by atoms with van der Waals surface area (Å²) in [5, 5.41) is 0. The number of benzene rings is 1. The Hall–Kier alpha value is -1.02. The van der Waals surface area contributed by atoms with Gasteiger partial charge in [-0.25, -0.2) is 0 Å². The van der Waals surface area contributed by atoms with Crippen molar-refractivity contribution >= 4 is 14.1 Å². The molecule has 0 heterocycles. The van der Waals surface area contributed by atoms with E-state index < -0.39 is 8.07 Å². The molecule has 0 bridgehead atoms. The highest BCUT2D eigenvalue weighted by Crippen LogP contribution is 2.23. The highest BCUT2D eigenvalue weighted by molar-refractivity contribution is 6.84. The molecule has 2 heteroatoms. The van der Waals surface area contributed by atoms with Crippen molar-refractivity contribution in [2.75, 3.05) is 7.11 Å².